The van der Waals surface area contributed by atoms with Crippen molar-refractivity contribution in [3.05, 3.63) is 29.8 Å². The third kappa shape index (κ3) is 3.04. The molecule has 2 atom stereocenters. The first-order valence-corrected chi connectivity index (χ1v) is 7.55. The van der Waals surface area contributed by atoms with E-state index in [0.29, 0.717) is 13.2 Å². The van der Waals surface area contributed by atoms with Gasteiger partial charge < -0.3 is 19.7 Å². The van der Waals surface area contributed by atoms with Crippen molar-refractivity contribution in [2.24, 2.45) is 0 Å². The fraction of sp³-hybridized carbons (Fsp3) is 0.562. The highest BCUT2D eigenvalue weighted by Gasteiger charge is 2.34. The predicted molar refractivity (Wildman–Crippen MR) is 79.3 cm³/mol. The van der Waals surface area contributed by atoms with E-state index >= 15 is 0 Å². The number of hydrogen-bond donors (Lipinski definition) is 1. The van der Waals surface area contributed by atoms with Crippen LogP contribution in [0.3, 0.4) is 0 Å². The van der Waals surface area contributed by atoms with Crippen molar-refractivity contribution in [1.82, 2.24) is 10.2 Å². The minimum atomic E-state index is -0.204. The van der Waals surface area contributed by atoms with Crippen molar-refractivity contribution in [2.45, 2.75) is 24.9 Å². The maximum Gasteiger partial charge on any atom is 0.242 e. The lowest BCUT2D eigenvalue weighted by Crippen LogP contribution is -2.52. The number of hydrogen-bond acceptors (Lipinski definition) is 4. The Bertz CT molecular complexity index is 500. The molecular formula is C16H22N2O3. The van der Waals surface area contributed by atoms with E-state index in [-0.39, 0.29) is 18.0 Å². The number of carbonyl (C=O) groups is 1. The molecule has 5 heteroatoms. The van der Waals surface area contributed by atoms with Gasteiger partial charge in [0.15, 0.2) is 0 Å². The lowest BCUT2D eigenvalue weighted by Gasteiger charge is -2.31. The van der Waals surface area contributed by atoms with Crippen LogP contribution in [0.25, 0.3) is 0 Å². The van der Waals surface area contributed by atoms with Gasteiger partial charge in [0.25, 0.3) is 0 Å². The van der Waals surface area contributed by atoms with Gasteiger partial charge in [-0.05, 0) is 30.5 Å². The zero-order valence-electron chi connectivity index (χ0n) is 12.4. The molecule has 1 amide bonds. The van der Waals surface area contributed by atoms with Gasteiger partial charge in [-0.2, -0.15) is 0 Å². The maximum atomic E-state index is 12.7. The number of nitrogens with one attached hydrogen (secondary N) is 1. The molecule has 0 radical (unpaired) electrons. The molecule has 2 fully saturated rings. The van der Waals surface area contributed by atoms with Gasteiger partial charge in [0.2, 0.25) is 5.91 Å². The molecule has 0 saturated carbocycles. The fourth-order valence-electron chi connectivity index (χ4n) is 3.15. The van der Waals surface area contributed by atoms with Crippen LogP contribution in [0.5, 0.6) is 5.75 Å². The molecule has 0 aliphatic carbocycles. The molecule has 2 heterocycles. The van der Waals surface area contributed by atoms with Gasteiger partial charge in [-0.1, -0.05) is 12.1 Å². The molecule has 1 N–H and O–H groups in total. The summed E-state index contributed by atoms with van der Waals surface area (Å²) < 4.78 is 10.7. The molecule has 1 aromatic rings. The lowest BCUT2D eigenvalue weighted by molar-refractivity contribution is -0.137. The highest BCUT2D eigenvalue weighted by atomic mass is 16.5. The molecule has 5 nitrogen and oxygen atoms in total. The fourth-order valence-corrected chi connectivity index (χ4v) is 3.15. The molecule has 3 rings (SSSR count). The number of rotatable bonds is 3. The molecule has 21 heavy (non-hydrogen) atoms. The molecule has 2 aliphatic heterocycles. The number of morpholine rings is 1. The Kier molecular flexibility index (Phi) is 4.41. The molecule has 0 bridgehead atoms. The number of ether oxygens (including phenoxy) is 2. The summed E-state index contributed by atoms with van der Waals surface area (Å²) in [5, 5.41) is 3.25. The van der Waals surface area contributed by atoms with Crippen molar-refractivity contribution in [2.75, 3.05) is 33.4 Å². The number of nitrogens with zero attached hydrogens (tertiary/aromatic N) is 1. The Morgan fingerprint density at radius 3 is 3.14 bits per heavy atom. The second-order valence-electron chi connectivity index (χ2n) is 5.55. The van der Waals surface area contributed by atoms with Crippen LogP contribution in [0.15, 0.2) is 24.3 Å². The van der Waals surface area contributed by atoms with E-state index in [4.69, 9.17) is 9.47 Å². The normalized spacial score (nSPS) is 25.9. The second kappa shape index (κ2) is 6.45. The summed E-state index contributed by atoms with van der Waals surface area (Å²) in [6.07, 6.45) is 2.05. The average Bonchev–Trinajstić information content (AvgIpc) is 3.04. The number of methoxy groups -OCH3 is 1. The van der Waals surface area contributed by atoms with Crippen LogP contribution >= 0.6 is 0 Å². The summed E-state index contributed by atoms with van der Waals surface area (Å²) in [6.45, 7) is 2.72. The first-order valence-electron chi connectivity index (χ1n) is 7.55. The zero-order valence-corrected chi connectivity index (χ0v) is 12.4. The summed E-state index contributed by atoms with van der Waals surface area (Å²) in [5.74, 6) is 0.992. The Balaban J connectivity index is 1.76. The largest absolute Gasteiger partial charge is 0.497 e. The van der Waals surface area contributed by atoms with E-state index in [1.807, 2.05) is 23.1 Å². The topological polar surface area (TPSA) is 50.8 Å². The van der Waals surface area contributed by atoms with Gasteiger partial charge in [0, 0.05) is 13.1 Å². The highest BCUT2D eigenvalue weighted by molar-refractivity contribution is 5.83. The van der Waals surface area contributed by atoms with E-state index < -0.39 is 0 Å². The number of likely N-dealkylation sites (tertiary alicyclic amines) is 1. The summed E-state index contributed by atoms with van der Waals surface area (Å²) in [6, 6.07) is 7.96. The van der Waals surface area contributed by atoms with Gasteiger partial charge >= 0.3 is 0 Å². The summed E-state index contributed by atoms with van der Waals surface area (Å²) >= 11 is 0. The SMILES string of the molecule is COc1cccc(C2CCCN2C(=O)C2COCCN2)c1. The monoisotopic (exact) mass is 290 g/mol. The molecule has 1 aromatic carbocycles. The second-order valence-corrected chi connectivity index (χ2v) is 5.55. The molecule has 2 unspecified atom stereocenters. The Morgan fingerprint density at radius 2 is 2.38 bits per heavy atom. The summed E-state index contributed by atoms with van der Waals surface area (Å²) in [4.78, 5) is 14.7. The first-order chi connectivity index (χ1) is 10.3. The van der Waals surface area contributed by atoms with E-state index in [2.05, 4.69) is 11.4 Å². The molecule has 114 valence electrons. The number of amides is 1. The quantitative estimate of drug-likeness (QED) is 0.913. The third-order valence-electron chi connectivity index (χ3n) is 4.23. The molecular weight excluding hydrogens is 268 g/mol. The minimum absolute atomic E-state index is 0.149. The number of benzene rings is 1. The Morgan fingerprint density at radius 1 is 1.48 bits per heavy atom. The maximum absolute atomic E-state index is 12.7. The van der Waals surface area contributed by atoms with Crippen molar-refractivity contribution < 1.29 is 14.3 Å². The van der Waals surface area contributed by atoms with E-state index in [1.54, 1.807) is 7.11 Å². The Hall–Kier alpha value is -1.59. The van der Waals surface area contributed by atoms with Crippen LogP contribution in [0.4, 0.5) is 0 Å². The summed E-state index contributed by atoms with van der Waals surface area (Å²) in [5.41, 5.74) is 1.15. The van der Waals surface area contributed by atoms with Gasteiger partial charge in [-0.3, -0.25) is 4.79 Å². The van der Waals surface area contributed by atoms with Crippen molar-refractivity contribution in [1.29, 1.82) is 0 Å². The smallest absolute Gasteiger partial charge is 0.242 e. The average molecular weight is 290 g/mol. The van der Waals surface area contributed by atoms with Gasteiger partial charge in [0.1, 0.15) is 11.8 Å². The minimum Gasteiger partial charge on any atom is -0.497 e. The standard InChI is InChI=1S/C16H22N2O3/c1-20-13-5-2-4-12(10-13)15-6-3-8-18(15)16(19)14-11-21-9-7-17-14/h2,4-5,10,14-15,17H,3,6-9,11H2,1H3. The first kappa shape index (κ1) is 14.4. The van der Waals surface area contributed by atoms with Crippen LogP contribution < -0.4 is 10.1 Å². The lowest BCUT2D eigenvalue weighted by atomic mass is 10.0. The van der Waals surface area contributed by atoms with Crippen LogP contribution in [-0.4, -0.2) is 50.3 Å². The number of carbonyl (C=O) groups excluding carboxylic acids is 1. The van der Waals surface area contributed by atoms with E-state index in [1.165, 1.54) is 0 Å². The van der Waals surface area contributed by atoms with Gasteiger partial charge in [0.05, 0.1) is 26.4 Å². The van der Waals surface area contributed by atoms with Crippen molar-refractivity contribution in [3.63, 3.8) is 0 Å². The van der Waals surface area contributed by atoms with Crippen LogP contribution in [0.1, 0.15) is 24.4 Å². The molecule has 0 aromatic heterocycles. The zero-order chi connectivity index (χ0) is 14.7. The van der Waals surface area contributed by atoms with Crippen molar-refractivity contribution in [3.8, 4) is 5.75 Å². The molecule has 2 saturated heterocycles. The van der Waals surface area contributed by atoms with E-state index in [0.717, 1.165) is 37.2 Å². The Labute approximate surface area is 125 Å². The van der Waals surface area contributed by atoms with Crippen LogP contribution in [-0.2, 0) is 9.53 Å². The predicted octanol–water partition coefficient (Wildman–Crippen LogP) is 1.35. The van der Waals surface area contributed by atoms with Crippen molar-refractivity contribution >= 4 is 5.91 Å². The van der Waals surface area contributed by atoms with Crippen LogP contribution in [0, 0.1) is 0 Å². The molecule has 2 aliphatic rings. The van der Waals surface area contributed by atoms with Gasteiger partial charge in [-0.15, -0.1) is 0 Å². The van der Waals surface area contributed by atoms with E-state index in [9.17, 15) is 4.79 Å². The van der Waals surface area contributed by atoms with Gasteiger partial charge in [-0.25, -0.2) is 0 Å². The highest BCUT2D eigenvalue weighted by Crippen LogP contribution is 2.33. The summed E-state index contributed by atoms with van der Waals surface area (Å²) in [7, 11) is 1.67. The van der Waals surface area contributed by atoms with Crippen LogP contribution in [0.2, 0.25) is 0 Å². The third-order valence-corrected chi connectivity index (χ3v) is 4.23. The molecule has 0 spiro atoms.